The van der Waals surface area contributed by atoms with Crippen molar-refractivity contribution in [2.45, 2.75) is 33.1 Å². The number of esters is 1. The number of carbonyl (C=O) groups excluding carboxylic acids is 2. The van der Waals surface area contributed by atoms with Crippen LogP contribution in [0.1, 0.15) is 33.1 Å². The Kier molecular flexibility index (Phi) is 21.7. The van der Waals surface area contributed by atoms with E-state index in [0.717, 1.165) is 65.1 Å². The molecule has 12 N–H and O–H groups in total. The van der Waals surface area contributed by atoms with Gasteiger partial charge in [0.1, 0.15) is 12.0 Å². The molecule has 0 heterocycles. The first kappa shape index (κ1) is 43.8. The molecule has 0 spiro atoms. The molecule has 5 rings (SSSR count). The number of allylic oxidation sites excluding steroid dienone is 1. The molecule has 11 heteroatoms. The number of methoxy groups -OCH3 is 1. The van der Waals surface area contributed by atoms with Crippen LogP contribution in [0.5, 0.6) is 5.75 Å². The van der Waals surface area contributed by atoms with Gasteiger partial charge in [0.05, 0.1) is 0 Å². The highest BCUT2D eigenvalue weighted by molar-refractivity contribution is 6.00. The van der Waals surface area contributed by atoms with Crippen LogP contribution in [0.15, 0.2) is 122 Å². The van der Waals surface area contributed by atoms with E-state index in [1.54, 1.807) is 55.6 Å². The molecule has 0 aliphatic carbocycles. The Morgan fingerprint density at radius 3 is 1.44 bits per heavy atom. The van der Waals surface area contributed by atoms with Crippen LogP contribution in [-0.2, 0) is 14.3 Å². The number of anilines is 7. The highest BCUT2D eigenvalue weighted by Crippen LogP contribution is 2.25. The molecule has 0 radical (unpaired) electrons. The maximum atomic E-state index is 11.4. The number of nitrogens with zero attached hydrogens (tertiary/aromatic N) is 1. The molecule has 5 aromatic carbocycles. The monoisotopic (exact) mass is 709 g/mol. The van der Waals surface area contributed by atoms with Crippen molar-refractivity contribution in [3.8, 4) is 5.75 Å². The van der Waals surface area contributed by atoms with Crippen LogP contribution < -0.4 is 44.0 Å². The van der Waals surface area contributed by atoms with Gasteiger partial charge >= 0.3 is 5.97 Å². The predicted molar refractivity (Wildman–Crippen MR) is 221 cm³/mol. The molecule has 0 saturated carbocycles. The molecule has 0 aliphatic heterocycles. The molecule has 0 atom stereocenters. The van der Waals surface area contributed by atoms with Gasteiger partial charge in [-0.25, -0.2) is 0 Å². The third-order valence-electron chi connectivity index (χ3n) is 7.14. The zero-order valence-corrected chi connectivity index (χ0v) is 30.5. The summed E-state index contributed by atoms with van der Waals surface area (Å²) in [7, 11) is 1.65. The third kappa shape index (κ3) is 18.0. The van der Waals surface area contributed by atoms with E-state index in [1.807, 2.05) is 48.5 Å². The van der Waals surface area contributed by atoms with Gasteiger partial charge < -0.3 is 48.8 Å². The van der Waals surface area contributed by atoms with Crippen molar-refractivity contribution in [3.63, 3.8) is 0 Å². The second-order valence-electron chi connectivity index (χ2n) is 11.1. The number of unbranched alkanes of at least 4 members (excludes halogenated alkanes) is 1. The van der Waals surface area contributed by atoms with Crippen molar-refractivity contribution < 1.29 is 19.1 Å². The van der Waals surface area contributed by atoms with E-state index in [4.69, 9.17) is 48.7 Å². The summed E-state index contributed by atoms with van der Waals surface area (Å²) in [6.45, 7) is 10.2. The molecule has 0 fully saturated rings. The summed E-state index contributed by atoms with van der Waals surface area (Å²) in [5, 5.41) is 2.05. The van der Waals surface area contributed by atoms with Gasteiger partial charge in [0.2, 0.25) is 0 Å². The van der Waals surface area contributed by atoms with Crippen molar-refractivity contribution in [3.05, 3.63) is 122 Å². The first-order chi connectivity index (χ1) is 25.0. The Morgan fingerprint density at radius 1 is 0.654 bits per heavy atom. The van der Waals surface area contributed by atoms with Gasteiger partial charge in [-0.15, -0.1) is 0 Å². The SMILES string of the molecule is C=CC=O.CCN(CC)c1ccc(N)cc1.COCCCCC(=O)Oc1ccc(N)cc1.Nc1ccc(N)c2ccccc12.Nc1ccc(N)cc1. The van der Waals surface area contributed by atoms with Crippen molar-refractivity contribution in [1.82, 2.24) is 0 Å². The standard InChI is InChI=1S/C12H17NO3.C10H10N2.C10H16N2.C6H8N2.C3H4O/c1-15-9-3-2-4-12(14)16-11-7-5-10(13)6-8-11;11-9-5-6-10(12)8-4-2-1-3-7(8)9;1-3-12(4-2)10-7-5-9(11)6-8-10;7-5-1-2-6(8)4-3-5;1-2-3-4/h5-8H,2-4,9,13H2,1H3;1-6H,11-12H2;5-8H,3-4,11H2,1-2H3;1-4H,7-8H2;2-3H,1H2. The Bertz CT molecular complexity index is 1660. The van der Waals surface area contributed by atoms with Crippen molar-refractivity contribution in [1.29, 1.82) is 0 Å². The second-order valence-corrected chi connectivity index (χ2v) is 11.1. The molecule has 52 heavy (non-hydrogen) atoms. The van der Waals surface area contributed by atoms with E-state index in [-0.39, 0.29) is 5.97 Å². The topological polar surface area (TPSA) is 212 Å². The number of hydrogen-bond acceptors (Lipinski definition) is 11. The lowest BCUT2D eigenvalue weighted by molar-refractivity contribution is -0.134. The Labute approximate surface area is 308 Å². The molecule has 0 amide bonds. The second kappa shape index (κ2) is 25.7. The quantitative estimate of drug-likeness (QED) is 0.0211. The maximum absolute atomic E-state index is 11.4. The molecule has 0 bridgehead atoms. The minimum atomic E-state index is -0.221. The largest absolute Gasteiger partial charge is 0.427 e. The van der Waals surface area contributed by atoms with Crippen LogP contribution in [0.4, 0.5) is 39.8 Å². The van der Waals surface area contributed by atoms with Gasteiger partial charge in [-0.05, 0) is 118 Å². The lowest BCUT2D eigenvalue weighted by atomic mass is 10.1. The van der Waals surface area contributed by atoms with Gasteiger partial charge in [-0.1, -0.05) is 30.8 Å². The summed E-state index contributed by atoms with van der Waals surface area (Å²) in [5.41, 5.74) is 39.2. The summed E-state index contributed by atoms with van der Waals surface area (Å²) < 4.78 is 10.0. The molecule has 0 aromatic heterocycles. The maximum Gasteiger partial charge on any atom is 0.311 e. The van der Waals surface area contributed by atoms with E-state index in [0.29, 0.717) is 30.8 Å². The zero-order valence-electron chi connectivity index (χ0n) is 30.5. The average molecular weight is 710 g/mol. The number of benzene rings is 5. The molecule has 11 nitrogen and oxygen atoms in total. The molecule has 278 valence electrons. The Morgan fingerprint density at radius 2 is 1.06 bits per heavy atom. The molecule has 0 aliphatic rings. The molecule has 0 unspecified atom stereocenters. The summed E-state index contributed by atoms with van der Waals surface area (Å²) in [6.07, 6.45) is 3.89. The Balaban J connectivity index is 0.000000342. The number of ether oxygens (including phenoxy) is 2. The normalized spacial score (nSPS) is 9.52. The summed E-state index contributed by atoms with van der Waals surface area (Å²) in [6, 6.07) is 33.4. The van der Waals surface area contributed by atoms with Crippen LogP contribution in [0.25, 0.3) is 10.8 Å². The highest BCUT2D eigenvalue weighted by Gasteiger charge is 2.04. The van der Waals surface area contributed by atoms with E-state index in [9.17, 15) is 4.79 Å². The minimum absolute atomic E-state index is 0.221. The fraction of sp³-hybridized carbons (Fsp3) is 0.220. The van der Waals surface area contributed by atoms with E-state index in [2.05, 4.69) is 37.5 Å². The van der Waals surface area contributed by atoms with Crippen LogP contribution in [0.3, 0.4) is 0 Å². The van der Waals surface area contributed by atoms with Gasteiger partial charge in [-0.3, -0.25) is 9.59 Å². The van der Waals surface area contributed by atoms with Gasteiger partial charge in [0.15, 0.2) is 0 Å². The average Bonchev–Trinajstić information content (AvgIpc) is 3.16. The van der Waals surface area contributed by atoms with Crippen LogP contribution in [0, 0.1) is 0 Å². The van der Waals surface area contributed by atoms with Gasteiger partial charge in [-0.2, -0.15) is 0 Å². The van der Waals surface area contributed by atoms with E-state index < -0.39 is 0 Å². The van der Waals surface area contributed by atoms with Crippen LogP contribution >= 0.6 is 0 Å². The fourth-order valence-corrected chi connectivity index (χ4v) is 4.35. The minimum Gasteiger partial charge on any atom is -0.427 e. The molecule has 0 saturated heterocycles. The first-order valence-electron chi connectivity index (χ1n) is 16.8. The molecular formula is C41H55N7O4. The van der Waals surface area contributed by atoms with Crippen LogP contribution in [0.2, 0.25) is 0 Å². The van der Waals surface area contributed by atoms with Crippen molar-refractivity contribution >= 4 is 62.8 Å². The number of nitrogens with two attached hydrogens (primary N) is 6. The van der Waals surface area contributed by atoms with Crippen molar-refractivity contribution in [2.75, 3.05) is 66.1 Å². The van der Waals surface area contributed by atoms with E-state index >= 15 is 0 Å². The molecule has 5 aromatic rings. The van der Waals surface area contributed by atoms with Crippen molar-refractivity contribution in [2.24, 2.45) is 0 Å². The number of aldehydes is 1. The highest BCUT2D eigenvalue weighted by atomic mass is 16.5. The number of hydrogen-bond donors (Lipinski definition) is 6. The summed E-state index contributed by atoms with van der Waals surface area (Å²) in [5.74, 6) is 0.312. The summed E-state index contributed by atoms with van der Waals surface area (Å²) >= 11 is 0. The van der Waals surface area contributed by atoms with E-state index in [1.165, 1.54) is 11.8 Å². The zero-order chi connectivity index (χ0) is 38.7. The van der Waals surface area contributed by atoms with Crippen LogP contribution in [-0.4, -0.2) is 39.1 Å². The molecular weight excluding hydrogens is 654 g/mol. The number of fused-ring (bicyclic) bond motifs is 1. The smallest absolute Gasteiger partial charge is 0.311 e. The number of rotatable bonds is 10. The predicted octanol–water partition coefficient (Wildman–Crippen LogP) is 7.33. The summed E-state index contributed by atoms with van der Waals surface area (Å²) in [4.78, 5) is 22.7. The lowest BCUT2D eigenvalue weighted by Crippen LogP contribution is -2.21. The first-order valence-corrected chi connectivity index (χ1v) is 16.8. The van der Waals surface area contributed by atoms with Gasteiger partial charge in [0, 0.05) is 83.8 Å². The number of nitrogen functional groups attached to an aromatic ring is 6. The number of carbonyl (C=O) groups is 2. The lowest BCUT2D eigenvalue weighted by Gasteiger charge is -2.20. The third-order valence-corrected chi connectivity index (χ3v) is 7.14. The fourth-order valence-electron chi connectivity index (χ4n) is 4.35. The Hall–Kier alpha value is -6.20. The van der Waals surface area contributed by atoms with Gasteiger partial charge in [0.25, 0.3) is 0 Å².